The quantitative estimate of drug-likeness (QED) is 0.866. The summed E-state index contributed by atoms with van der Waals surface area (Å²) in [6.45, 7) is 1.07. The molecule has 23 heavy (non-hydrogen) atoms. The molecule has 0 aliphatic carbocycles. The number of carbonyl (C=O) groups is 1. The van der Waals surface area contributed by atoms with Gasteiger partial charge in [-0.15, -0.1) is 0 Å². The van der Waals surface area contributed by atoms with E-state index in [4.69, 9.17) is 9.47 Å². The number of benzene rings is 1. The lowest BCUT2D eigenvalue weighted by Crippen LogP contribution is -2.55. The van der Waals surface area contributed by atoms with Gasteiger partial charge in [-0.05, 0) is 31.0 Å². The molecule has 0 saturated carbocycles. The van der Waals surface area contributed by atoms with Gasteiger partial charge in [0.25, 0.3) is 0 Å². The molecule has 2 atom stereocenters. The Labute approximate surface area is 132 Å². The van der Waals surface area contributed by atoms with Gasteiger partial charge in [0.15, 0.2) is 5.78 Å². The maximum absolute atomic E-state index is 13.0. The molecular weight excluding hydrogens is 311 g/mol. The summed E-state index contributed by atoms with van der Waals surface area (Å²) in [6.07, 6.45) is -3.36. The Hall–Kier alpha value is -1.60. The molecule has 2 heterocycles. The Bertz CT molecular complexity index is 591. The highest BCUT2D eigenvalue weighted by Gasteiger charge is 2.37. The van der Waals surface area contributed by atoms with E-state index >= 15 is 0 Å². The third kappa shape index (κ3) is 3.50. The molecular formula is C16H18F3NO3. The van der Waals surface area contributed by atoms with Crippen LogP contribution in [-0.2, 0) is 10.9 Å². The van der Waals surface area contributed by atoms with E-state index < -0.39 is 11.7 Å². The molecule has 1 aromatic rings. The van der Waals surface area contributed by atoms with Crippen LogP contribution in [0.4, 0.5) is 13.2 Å². The molecule has 1 aromatic carbocycles. The molecule has 2 aliphatic rings. The molecule has 3 rings (SSSR count). The van der Waals surface area contributed by atoms with Crippen molar-refractivity contribution in [3.63, 3.8) is 0 Å². The summed E-state index contributed by atoms with van der Waals surface area (Å²) < 4.78 is 49.3. The number of nitrogens with one attached hydrogen (secondary N) is 1. The predicted octanol–water partition coefficient (Wildman–Crippen LogP) is 2.66. The van der Waals surface area contributed by atoms with Crippen molar-refractivity contribution in [3.05, 3.63) is 29.3 Å². The number of alkyl halides is 3. The van der Waals surface area contributed by atoms with Crippen LogP contribution < -0.4 is 10.1 Å². The number of hydrogen-bond acceptors (Lipinski definition) is 4. The van der Waals surface area contributed by atoms with Crippen LogP contribution in [0, 0.1) is 5.92 Å². The van der Waals surface area contributed by atoms with Gasteiger partial charge in [0.05, 0.1) is 25.9 Å². The maximum Gasteiger partial charge on any atom is 0.416 e. The molecule has 7 heteroatoms. The summed E-state index contributed by atoms with van der Waals surface area (Å²) in [4.78, 5) is 12.7. The van der Waals surface area contributed by atoms with E-state index in [1.807, 2.05) is 0 Å². The van der Waals surface area contributed by atoms with E-state index in [9.17, 15) is 18.0 Å². The van der Waals surface area contributed by atoms with Gasteiger partial charge in [-0.1, -0.05) is 0 Å². The summed E-state index contributed by atoms with van der Waals surface area (Å²) in [5, 5.41) is 3.37. The first-order chi connectivity index (χ1) is 10.9. The van der Waals surface area contributed by atoms with Gasteiger partial charge < -0.3 is 14.8 Å². The lowest BCUT2D eigenvalue weighted by Gasteiger charge is -2.39. The Morgan fingerprint density at radius 3 is 2.43 bits per heavy atom. The van der Waals surface area contributed by atoms with Crippen LogP contribution in [0.2, 0.25) is 0 Å². The second-order valence-electron chi connectivity index (χ2n) is 6.08. The van der Waals surface area contributed by atoms with Crippen molar-refractivity contribution in [2.45, 2.75) is 31.1 Å². The van der Waals surface area contributed by atoms with E-state index in [-0.39, 0.29) is 35.1 Å². The number of morpholine rings is 1. The number of Topliss-reactive ketones (excluding diaryl/α,β-unsaturated/α-hetero) is 1. The molecule has 0 amide bonds. The van der Waals surface area contributed by atoms with Crippen molar-refractivity contribution in [2.24, 2.45) is 5.92 Å². The fourth-order valence-corrected chi connectivity index (χ4v) is 3.31. The number of ketones is 1. The zero-order valence-electron chi connectivity index (χ0n) is 12.7. The zero-order chi connectivity index (χ0) is 16.6. The Morgan fingerprint density at radius 1 is 1.22 bits per heavy atom. The molecule has 2 aliphatic heterocycles. The molecule has 0 spiro atoms. The van der Waals surface area contributed by atoms with E-state index in [2.05, 4.69) is 5.32 Å². The number of halogens is 3. The molecule has 2 bridgehead atoms. The van der Waals surface area contributed by atoms with Crippen molar-refractivity contribution in [1.29, 1.82) is 0 Å². The predicted molar refractivity (Wildman–Crippen MR) is 76.6 cm³/mol. The van der Waals surface area contributed by atoms with E-state index in [0.717, 1.165) is 12.1 Å². The first-order valence-corrected chi connectivity index (χ1v) is 7.51. The van der Waals surface area contributed by atoms with Gasteiger partial charge in [-0.3, -0.25) is 4.79 Å². The van der Waals surface area contributed by atoms with Crippen LogP contribution in [0.25, 0.3) is 0 Å². The Morgan fingerprint density at radius 2 is 1.87 bits per heavy atom. The second kappa shape index (κ2) is 6.13. The molecule has 2 saturated heterocycles. The van der Waals surface area contributed by atoms with Crippen LogP contribution in [-0.4, -0.2) is 38.2 Å². The number of methoxy groups -OCH3 is 1. The fraction of sp³-hybridized carbons (Fsp3) is 0.562. The van der Waals surface area contributed by atoms with Crippen LogP contribution in [0.15, 0.2) is 18.2 Å². The van der Waals surface area contributed by atoms with Gasteiger partial charge in [0.2, 0.25) is 0 Å². The van der Waals surface area contributed by atoms with Crippen LogP contribution in [0.1, 0.15) is 28.8 Å². The summed E-state index contributed by atoms with van der Waals surface area (Å²) in [7, 11) is 1.29. The standard InChI is InChI=1S/C16H18F3NO3/c1-22-14-5-9(2-11(6-14)16(17,18)19)15(21)10-3-12-7-23-8-13(4-10)20-12/h2,5-6,10,12-13,20H,3-4,7-8H2,1H3. The number of ether oxygens (including phenoxy) is 2. The third-order valence-corrected chi connectivity index (χ3v) is 4.37. The molecule has 1 N–H and O–H groups in total. The Kier molecular flexibility index (Phi) is 4.33. The summed E-state index contributed by atoms with van der Waals surface area (Å²) >= 11 is 0. The molecule has 0 aromatic heterocycles. The van der Waals surface area contributed by atoms with Crippen LogP contribution in [0.3, 0.4) is 0 Å². The summed E-state index contributed by atoms with van der Waals surface area (Å²) in [5.41, 5.74) is -0.805. The lowest BCUT2D eigenvalue weighted by molar-refractivity contribution is -0.137. The molecule has 126 valence electrons. The maximum atomic E-state index is 13.0. The van der Waals surface area contributed by atoms with Crippen LogP contribution >= 0.6 is 0 Å². The van der Waals surface area contributed by atoms with Gasteiger partial charge in [-0.2, -0.15) is 13.2 Å². The molecule has 2 unspecified atom stereocenters. The fourth-order valence-electron chi connectivity index (χ4n) is 3.31. The highest BCUT2D eigenvalue weighted by Crippen LogP contribution is 2.34. The van der Waals surface area contributed by atoms with Crippen molar-refractivity contribution < 1.29 is 27.4 Å². The number of carbonyl (C=O) groups excluding carboxylic acids is 1. The van der Waals surface area contributed by atoms with E-state index in [1.165, 1.54) is 13.2 Å². The summed E-state index contributed by atoms with van der Waals surface area (Å²) in [5.74, 6) is -0.503. The SMILES string of the molecule is COc1cc(C(=O)C2CC3COCC(C2)N3)cc(C(F)(F)F)c1. The third-order valence-electron chi connectivity index (χ3n) is 4.37. The normalized spacial score (nSPS) is 27.6. The van der Waals surface area contributed by atoms with E-state index in [1.54, 1.807) is 0 Å². The lowest BCUT2D eigenvalue weighted by atomic mass is 9.82. The highest BCUT2D eigenvalue weighted by molar-refractivity contribution is 5.98. The Balaban J connectivity index is 1.86. The number of hydrogen-bond donors (Lipinski definition) is 1. The van der Waals surface area contributed by atoms with E-state index in [0.29, 0.717) is 26.1 Å². The first kappa shape index (κ1) is 16.3. The number of rotatable bonds is 3. The highest BCUT2D eigenvalue weighted by atomic mass is 19.4. The summed E-state index contributed by atoms with van der Waals surface area (Å²) in [6, 6.07) is 3.38. The number of piperidine rings is 1. The molecule has 0 radical (unpaired) electrons. The van der Waals surface area contributed by atoms with Gasteiger partial charge >= 0.3 is 6.18 Å². The van der Waals surface area contributed by atoms with Crippen molar-refractivity contribution >= 4 is 5.78 Å². The van der Waals surface area contributed by atoms with Gasteiger partial charge in [0, 0.05) is 23.6 Å². The van der Waals surface area contributed by atoms with Crippen molar-refractivity contribution in [3.8, 4) is 5.75 Å². The molecule has 4 nitrogen and oxygen atoms in total. The largest absolute Gasteiger partial charge is 0.497 e. The average Bonchev–Trinajstić information content (AvgIpc) is 2.52. The van der Waals surface area contributed by atoms with Crippen LogP contribution in [0.5, 0.6) is 5.75 Å². The minimum Gasteiger partial charge on any atom is -0.497 e. The first-order valence-electron chi connectivity index (χ1n) is 7.51. The van der Waals surface area contributed by atoms with Crippen molar-refractivity contribution in [2.75, 3.05) is 20.3 Å². The minimum atomic E-state index is -4.51. The van der Waals surface area contributed by atoms with Crippen molar-refractivity contribution in [1.82, 2.24) is 5.32 Å². The molecule has 2 fully saturated rings. The average molecular weight is 329 g/mol. The minimum absolute atomic E-state index is 0.0423. The van der Waals surface area contributed by atoms with Gasteiger partial charge in [0.1, 0.15) is 5.75 Å². The number of fused-ring (bicyclic) bond motifs is 2. The van der Waals surface area contributed by atoms with Gasteiger partial charge in [-0.25, -0.2) is 0 Å². The monoisotopic (exact) mass is 329 g/mol. The smallest absolute Gasteiger partial charge is 0.416 e. The zero-order valence-corrected chi connectivity index (χ0v) is 12.7. The topological polar surface area (TPSA) is 47.6 Å². The second-order valence-corrected chi connectivity index (χ2v) is 6.08.